The van der Waals surface area contributed by atoms with Crippen LogP contribution < -0.4 is 0 Å². The molecule has 106 valence electrons. The number of hydrogen-bond acceptors (Lipinski definition) is 6. The van der Waals surface area contributed by atoms with E-state index in [1.165, 1.54) is 35.7 Å². The number of carbonyl (C=O) groups excluding carboxylic acids is 2. The number of thioether (sulfide) groups is 2. The van der Waals surface area contributed by atoms with E-state index in [2.05, 4.69) is 13.2 Å². The van der Waals surface area contributed by atoms with Gasteiger partial charge in [-0.05, 0) is 0 Å². The van der Waals surface area contributed by atoms with Crippen molar-refractivity contribution in [1.82, 2.24) is 0 Å². The van der Waals surface area contributed by atoms with E-state index in [-0.39, 0.29) is 34.3 Å². The molecule has 0 radical (unpaired) electrons. The third-order valence-electron chi connectivity index (χ3n) is 2.11. The fourth-order valence-electron chi connectivity index (χ4n) is 1.30. The van der Waals surface area contributed by atoms with E-state index in [0.717, 1.165) is 10.6 Å². The van der Waals surface area contributed by atoms with E-state index in [1.54, 1.807) is 0 Å². The Bertz CT molecular complexity index is 317. The predicted molar refractivity (Wildman–Crippen MR) is 81.2 cm³/mol. The maximum atomic E-state index is 11.5. The van der Waals surface area contributed by atoms with Crippen molar-refractivity contribution in [1.29, 1.82) is 0 Å². The van der Waals surface area contributed by atoms with Gasteiger partial charge >= 0.3 is 128 Å². The SMILES string of the molecule is C=CCOC(=O)SC1C[Se]CC1SC(=O)OCC=C. The second-order valence-corrected chi connectivity index (χ2v) is 8.15. The first-order valence-electron chi connectivity index (χ1n) is 5.63. The Morgan fingerprint density at radius 2 is 1.47 bits per heavy atom. The van der Waals surface area contributed by atoms with Gasteiger partial charge in [0.05, 0.1) is 0 Å². The zero-order valence-corrected chi connectivity index (χ0v) is 13.8. The van der Waals surface area contributed by atoms with Crippen LogP contribution in [0.2, 0.25) is 10.6 Å². The van der Waals surface area contributed by atoms with E-state index in [9.17, 15) is 9.59 Å². The summed E-state index contributed by atoms with van der Waals surface area (Å²) in [5.41, 5.74) is 0. The Hall–Kier alpha value is -0.361. The summed E-state index contributed by atoms with van der Waals surface area (Å²) in [5, 5.41) is 1.64. The van der Waals surface area contributed by atoms with Crippen molar-refractivity contribution >= 4 is 49.1 Å². The molecule has 1 rings (SSSR count). The summed E-state index contributed by atoms with van der Waals surface area (Å²) in [6, 6.07) is 0. The van der Waals surface area contributed by atoms with Crippen molar-refractivity contribution in [2.75, 3.05) is 13.2 Å². The second kappa shape index (κ2) is 9.53. The first kappa shape index (κ1) is 16.7. The van der Waals surface area contributed by atoms with Crippen molar-refractivity contribution < 1.29 is 19.1 Å². The molecule has 2 unspecified atom stereocenters. The molecule has 1 aliphatic heterocycles. The molecule has 1 saturated heterocycles. The molecule has 0 N–H and O–H groups in total. The summed E-state index contributed by atoms with van der Waals surface area (Å²) in [6.45, 7) is 7.43. The van der Waals surface area contributed by atoms with Crippen LogP contribution >= 0.6 is 23.5 Å². The van der Waals surface area contributed by atoms with Gasteiger partial charge in [-0.2, -0.15) is 0 Å². The number of ether oxygens (including phenoxy) is 2. The molecule has 0 aromatic heterocycles. The summed E-state index contributed by atoms with van der Waals surface area (Å²) >= 11 is 2.84. The molecule has 1 fully saturated rings. The van der Waals surface area contributed by atoms with Crippen molar-refractivity contribution in [2.24, 2.45) is 0 Å². The van der Waals surface area contributed by atoms with E-state index in [4.69, 9.17) is 9.47 Å². The molecule has 0 aromatic carbocycles. The molecule has 1 aliphatic rings. The Morgan fingerprint density at radius 1 is 1.05 bits per heavy atom. The molecule has 0 spiro atoms. The zero-order chi connectivity index (χ0) is 14.1. The fraction of sp³-hybridized carbons (Fsp3) is 0.500. The van der Waals surface area contributed by atoms with Crippen LogP contribution in [0.15, 0.2) is 25.3 Å². The van der Waals surface area contributed by atoms with Gasteiger partial charge in [0.25, 0.3) is 0 Å². The van der Waals surface area contributed by atoms with E-state index < -0.39 is 0 Å². The van der Waals surface area contributed by atoms with Gasteiger partial charge in [0.1, 0.15) is 0 Å². The average molecular weight is 367 g/mol. The minimum absolute atomic E-state index is 0.138. The van der Waals surface area contributed by atoms with E-state index >= 15 is 0 Å². The third kappa shape index (κ3) is 6.56. The molecule has 0 amide bonds. The maximum absolute atomic E-state index is 11.5. The molecular weight excluding hydrogens is 351 g/mol. The molecule has 0 bridgehead atoms. The van der Waals surface area contributed by atoms with Crippen LogP contribution in [-0.2, 0) is 9.47 Å². The Morgan fingerprint density at radius 3 is 1.84 bits per heavy atom. The summed E-state index contributed by atoms with van der Waals surface area (Å²) < 4.78 is 9.89. The molecular formula is C12H16O4S2Se. The molecule has 19 heavy (non-hydrogen) atoms. The monoisotopic (exact) mass is 368 g/mol. The van der Waals surface area contributed by atoms with Gasteiger partial charge in [-0.3, -0.25) is 0 Å². The topological polar surface area (TPSA) is 52.6 Å². The van der Waals surface area contributed by atoms with Crippen LogP contribution in [-0.4, -0.2) is 49.3 Å². The standard InChI is InChI=1S/C12H16O4S2Se/c1-3-5-15-11(13)17-9-7-19-8-10(9)18-12(14)16-6-4-2/h3-4,9-10H,1-2,5-8H2. The molecule has 2 atom stereocenters. The van der Waals surface area contributed by atoms with Crippen molar-refractivity contribution in [3.8, 4) is 0 Å². The first-order valence-corrected chi connectivity index (χ1v) is 9.82. The molecule has 0 aliphatic carbocycles. The average Bonchev–Trinajstić information content (AvgIpc) is 2.81. The van der Waals surface area contributed by atoms with Gasteiger partial charge in [-0.1, -0.05) is 0 Å². The van der Waals surface area contributed by atoms with Crippen LogP contribution in [0, 0.1) is 0 Å². The summed E-state index contributed by atoms with van der Waals surface area (Å²) in [7, 11) is 0. The normalized spacial score (nSPS) is 21.7. The van der Waals surface area contributed by atoms with Gasteiger partial charge in [-0.25, -0.2) is 0 Å². The quantitative estimate of drug-likeness (QED) is 0.408. The summed E-state index contributed by atoms with van der Waals surface area (Å²) in [5.74, 6) is 0. The van der Waals surface area contributed by atoms with Crippen LogP contribution in [0.4, 0.5) is 9.59 Å². The van der Waals surface area contributed by atoms with Crippen molar-refractivity contribution in [3.63, 3.8) is 0 Å². The number of hydrogen-bond donors (Lipinski definition) is 0. The van der Waals surface area contributed by atoms with Crippen LogP contribution in [0.1, 0.15) is 0 Å². The zero-order valence-electron chi connectivity index (χ0n) is 10.4. The van der Waals surface area contributed by atoms with E-state index in [0.29, 0.717) is 15.0 Å². The molecule has 0 saturated carbocycles. The summed E-state index contributed by atoms with van der Waals surface area (Å²) in [6.07, 6.45) is 3.08. The van der Waals surface area contributed by atoms with Gasteiger partial charge in [-0.15, -0.1) is 0 Å². The summed E-state index contributed by atoms with van der Waals surface area (Å²) in [4.78, 5) is 23.0. The van der Waals surface area contributed by atoms with Gasteiger partial charge in [0, 0.05) is 0 Å². The fourth-order valence-corrected chi connectivity index (χ4v) is 7.68. The second-order valence-electron chi connectivity index (χ2n) is 3.55. The van der Waals surface area contributed by atoms with Crippen LogP contribution in [0.5, 0.6) is 0 Å². The third-order valence-corrected chi connectivity index (χ3v) is 7.95. The van der Waals surface area contributed by atoms with E-state index in [1.807, 2.05) is 0 Å². The Labute approximate surface area is 127 Å². The molecule has 1 heterocycles. The van der Waals surface area contributed by atoms with Gasteiger partial charge in [0.15, 0.2) is 0 Å². The predicted octanol–water partition coefficient (Wildman–Crippen LogP) is 3.39. The first-order chi connectivity index (χ1) is 9.17. The van der Waals surface area contributed by atoms with Gasteiger partial charge < -0.3 is 0 Å². The van der Waals surface area contributed by atoms with Crippen molar-refractivity contribution in [2.45, 2.75) is 21.1 Å². The Balaban J connectivity index is 2.36. The van der Waals surface area contributed by atoms with Crippen molar-refractivity contribution in [3.05, 3.63) is 25.3 Å². The molecule has 4 nitrogen and oxygen atoms in total. The number of rotatable bonds is 6. The minimum atomic E-state index is -0.298. The molecule has 0 aromatic rings. The van der Waals surface area contributed by atoms with Gasteiger partial charge in [0.2, 0.25) is 0 Å². The van der Waals surface area contributed by atoms with Crippen LogP contribution in [0.3, 0.4) is 0 Å². The van der Waals surface area contributed by atoms with Crippen LogP contribution in [0.25, 0.3) is 0 Å². The molecule has 7 heteroatoms. The Kier molecular flexibility index (Phi) is 8.37. The number of carbonyl (C=O) groups is 2.